The van der Waals surface area contributed by atoms with Crippen LogP contribution in [0.25, 0.3) is 0 Å². The molecule has 1 aromatic rings. The van der Waals surface area contributed by atoms with E-state index in [4.69, 9.17) is 0 Å². The molecule has 70 valence electrons. The van der Waals surface area contributed by atoms with Gasteiger partial charge in [0.15, 0.2) is 5.82 Å². The molecule has 1 heterocycles. The van der Waals surface area contributed by atoms with Crippen LogP contribution in [0.5, 0.6) is 0 Å². The Morgan fingerprint density at radius 3 is 2.31 bits per heavy atom. The zero-order valence-corrected chi connectivity index (χ0v) is 7.82. The van der Waals surface area contributed by atoms with E-state index in [1.54, 1.807) is 0 Å². The van der Waals surface area contributed by atoms with E-state index in [2.05, 4.69) is 28.6 Å². The second kappa shape index (κ2) is 4.45. The fraction of sp³-hybridized carbons (Fsp3) is 0.333. The number of hydrogen-bond acceptors (Lipinski definition) is 3. The second-order valence-electron chi connectivity index (χ2n) is 2.71. The van der Waals surface area contributed by atoms with Gasteiger partial charge in [-0.3, -0.25) is 0 Å². The number of H-pyrrole nitrogens is 1. The Morgan fingerprint density at radius 1 is 1.31 bits per heavy atom. The predicted molar refractivity (Wildman–Crippen MR) is 53.7 cm³/mol. The quantitative estimate of drug-likeness (QED) is 0.691. The fourth-order valence-corrected chi connectivity index (χ4v) is 1.14. The van der Waals surface area contributed by atoms with Gasteiger partial charge in [0, 0.05) is 13.1 Å². The van der Waals surface area contributed by atoms with E-state index in [1.165, 1.54) is 0 Å². The first-order valence-electron chi connectivity index (χ1n) is 4.13. The number of rotatable bonds is 5. The highest BCUT2D eigenvalue weighted by atomic mass is 15.4. The molecule has 1 rings (SSSR count). The molecule has 0 fully saturated rings. The first kappa shape index (κ1) is 9.51. The number of aromatic amines is 1. The molecule has 1 aromatic heterocycles. The van der Waals surface area contributed by atoms with Crippen LogP contribution >= 0.6 is 0 Å². The van der Waals surface area contributed by atoms with Crippen LogP contribution in [0.4, 0.5) is 5.82 Å². The number of anilines is 1. The van der Waals surface area contributed by atoms with Crippen LogP contribution in [0, 0.1) is 6.92 Å². The number of hydrogen-bond donors (Lipinski definition) is 1. The van der Waals surface area contributed by atoms with Crippen LogP contribution in [0.3, 0.4) is 0 Å². The van der Waals surface area contributed by atoms with E-state index in [0.29, 0.717) is 0 Å². The first-order valence-corrected chi connectivity index (χ1v) is 4.13. The van der Waals surface area contributed by atoms with E-state index < -0.39 is 0 Å². The normalized spacial score (nSPS) is 9.62. The number of nitrogens with one attached hydrogen (secondary N) is 1. The molecule has 4 nitrogen and oxygen atoms in total. The molecule has 0 aromatic carbocycles. The van der Waals surface area contributed by atoms with Crippen LogP contribution in [0.1, 0.15) is 5.69 Å². The lowest BCUT2D eigenvalue weighted by atomic mass is 10.4. The van der Waals surface area contributed by atoms with Crippen molar-refractivity contribution in [2.24, 2.45) is 0 Å². The van der Waals surface area contributed by atoms with E-state index in [1.807, 2.05) is 24.0 Å². The number of nitrogens with zero attached hydrogens (tertiary/aromatic N) is 3. The molecule has 0 unspecified atom stereocenters. The SMILES string of the molecule is C=CCN(CC=C)c1n[nH]nc1C. The predicted octanol–water partition coefficient (Wildman–Crippen LogP) is 1.29. The summed E-state index contributed by atoms with van der Waals surface area (Å²) in [7, 11) is 0. The minimum absolute atomic E-state index is 0.749. The van der Waals surface area contributed by atoms with Crippen LogP contribution < -0.4 is 4.90 Å². The third-order valence-corrected chi connectivity index (χ3v) is 1.70. The van der Waals surface area contributed by atoms with Gasteiger partial charge in [-0.1, -0.05) is 12.2 Å². The van der Waals surface area contributed by atoms with E-state index >= 15 is 0 Å². The smallest absolute Gasteiger partial charge is 0.174 e. The van der Waals surface area contributed by atoms with Crippen molar-refractivity contribution in [1.82, 2.24) is 15.4 Å². The third kappa shape index (κ3) is 2.18. The Labute approximate surface area is 78.0 Å². The Kier molecular flexibility index (Phi) is 3.25. The van der Waals surface area contributed by atoms with Gasteiger partial charge < -0.3 is 4.90 Å². The van der Waals surface area contributed by atoms with Crippen LogP contribution in [-0.4, -0.2) is 28.5 Å². The summed E-state index contributed by atoms with van der Waals surface area (Å²) in [6, 6.07) is 0. The molecule has 0 atom stereocenters. The van der Waals surface area contributed by atoms with E-state index in [-0.39, 0.29) is 0 Å². The summed E-state index contributed by atoms with van der Waals surface area (Å²) in [5.41, 5.74) is 0.892. The maximum absolute atomic E-state index is 4.05. The van der Waals surface area contributed by atoms with Gasteiger partial charge in [-0.15, -0.1) is 18.3 Å². The summed E-state index contributed by atoms with van der Waals surface area (Å²) in [4.78, 5) is 2.04. The van der Waals surface area contributed by atoms with Gasteiger partial charge in [0.05, 0.1) is 0 Å². The summed E-state index contributed by atoms with van der Waals surface area (Å²) < 4.78 is 0. The van der Waals surface area contributed by atoms with Crippen molar-refractivity contribution in [3.8, 4) is 0 Å². The standard InChI is InChI=1S/C9H14N4/c1-4-6-13(7-5-2)9-8(3)10-12-11-9/h4-5H,1-2,6-7H2,3H3,(H,10,11,12). The zero-order chi connectivity index (χ0) is 9.68. The highest BCUT2D eigenvalue weighted by Gasteiger charge is 2.09. The second-order valence-corrected chi connectivity index (χ2v) is 2.71. The maximum Gasteiger partial charge on any atom is 0.174 e. The monoisotopic (exact) mass is 178 g/mol. The molecule has 0 aliphatic heterocycles. The Balaban J connectivity index is 2.80. The van der Waals surface area contributed by atoms with Gasteiger partial charge in [-0.25, -0.2) is 0 Å². The number of aryl methyl sites for hydroxylation is 1. The first-order chi connectivity index (χ1) is 6.29. The third-order valence-electron chi connectivity index (χ3n) is 1.70. The Bertz CT molecular complexity index is 280. The van der Waals surface area contributed by atoms with Crippen molar-refractivity contribution in [1.29, 1.82) is 0 Å². The minimum Gasteiger partial charge on any atom is -0.346 e. The summed E-state index contributed by atoms with van der Waals surface area (Å²) in [6.45, 7) is 10.8. The average molecular weight is 178 g/mol. The summed E-state index contributed by atoms with van der Waals surface area (Å²) in [5.74, 6) is 0.861. The summed E-state index contributed by atoms with van der Waals surface area (Å²) in [6.07, 6.45) is 3.66. The molecule has 13 heavy (non-hydrogen) atoms. The zero-order valence-electron chi connectivity index (χ0n) is 7.82. The Morgan fingerprint density at radius 2 is 1.92 bits per heavy atom. The van der Waals surface area contributed by atoms with Crippen molar-refractivity contribution < 1.29 is 0 Å². The lowest BCUT2D eigenvalue weighted by Crippen LogP contribution is -2.24. The van der Waals surface area contributed by atoms with E-state index in [9.17, 15) is 0 Å². The molecule has 0 saturated carbocycles. The van der Waals surface area contributed by atoms with E-state index in [0.717, 1.165) is 24.6 Å². The molecular weight excluding hydrogens is 164 g/mol. The molecular formula is C9H14N4. The van der Waals surface area contributed by atoms with Gasteiger partial charge in [0.25, 0.3) is 0 Å². The van der Waals surface area contributed by atoms with Crippen molar-refractivity contribution in [3.05, 3.63) is 31.0 Å². The van der Waals surface area contributed by atoms with Gasteiger partial charge >= 0.3 is 0 Å². The molecule has 0 spiro atoms. The highest BCUT2D eigenvalue weighted by molar-refractivity contribution is 5.42. The van der Waals surface area contributed by atoms with Crippen molar-refractivity contribution >= 4 is 5.82 Å². The molecule has 4 heteroatoms. The van der Waals surface area contributed by atoms with Gasteiger partial charge in [0.2, 0.25) is 0 Å². The maximum atomic E-state index is 4.05. The van der Waals surface area contributed by atoms with Gasteiger partial charge in [-0.05, 0) is 6.92 Å². The van der Waals surface area contributed by atoms with Crippen LogP contribution in [0.15, 0.2) is 25.3 Å². The van der Waals surface area contributed by atoms with Gasteiger partial charge in [-0.2, -0.15) is 10.3 Å². The van der Waals surface area contributed by atoms with Gasteiger partial charge in [0.1, 0.15) is 5.69 Å². The van der Waals surface area contributed by atoms with Crippen molar-refractivity contribution in [3.63, 3.8) is 0 Å². The average Bonchev–Trinajstić information content (AvgIpc) is 2.51. The highest BCUT2D eigenvalue weighted by Crippen LogP contribution is 2.12. The molecule has 0 radical (unpaired) electrons. The molecule has 0 saturated heterocycles. The Hall–Kier alpha value is -1.58. The molecule has 1 N–H and O–H groups in total. The topological polar surface area (TPSA) is 44.8 Å². The minimum atomic E-state index is 0.749. The fourth-order valence-electron chi connectivity index (χ4n) is 1.14. The lowest BCUT2D eigenvalue weighted by Gasteiger charge is -2.18. The largest absolute Gasteiger partial charge is 0.346 e. The van der Waals surface area contributed by atoms with Crippen molar-refractivity contribution in [2.45, 2.75) is 6.92 Å². The van der Waals surface area contributed by atoms with Crippen LogP contribution in [-0.2, 0) is 0 Å². The molecule has 0 aliphatic carbocycles. The summed E-state index contributed by atoms with van der Waals surface area (Å²) in [5, 5.41) is 10.6. The molecule has 0 aliphatic rings. The molecule has 0 amide bonds. The number of aromatic nitrogens is 3. The van der Waals surface area contributed by atoms with Crippen molar-refractivity contribution in [2.75, 3.05) is 18.0 Å². The van der Waals surface area contributed by atoms with Crippen LogP contribution in [0.2, 0.25) is 0 Å². The summed E-state index contributed by atoms with van der Waals surface area (Å²) >= 11 is 0. The molecule has 0 bridgehead atoms. The lowest BCUT2D eigenvalue weighted by molar-refractivity contribution is 0.889.